The smallest absolute Gasteiger partial charge is 0.227 e. The first-order valence-corrected chi connectivity index (χ1v) is 10.5. The van der Waals surface area contributed by atoms with E-state index in [2.05, 4.69) is 62.7 Å². The third kappa shape index (κ3) is 5.71. The lowest BCUT2D eigenvalue weighted by molar-refractivity contribution is -0.128. The Morgan fingerprint density at radius 1 is 1.11 bits per heavy atom. The van der Waals surface area contributed by atoms with E-state index in [0.717, 1.165) is 38.6 Å². The zero-order chi connectivity index (χ0) is 20.6. The molecule has 6 heteroatoms. The Morgan fingerprint density at radius 3 is 2.29 bits per heavy atom. The Balaban J connectivity index is 1.91. The lowest BCUT2D eigenvalue weighted by Crippen LogP contribution is -2.55. The average Bonchev–Trinajstić information content (AvgIpc) is 2.71. The molecule has 1 atom stereocenters. The van der Waals surface area contributed by atoms with Gasteiger partial charge < -0.3 is 15.5 Å². The minimum absolute atomic E-state index is 0.0661. The van der Waals surface area contributed by atoms with Crippen LogP contribution in [0.2, 0.25) is 0 Å². The van der Waals surface area contributed by atoms with Gasteiger partial charge in [0.2, 0.25) is 5.91 Å². The van der Waals surface area contributed by atoms with Gasteiger partial charge in [0, 0.05) is 52.4 Å². The molecule has 156 valence electrons. The summed E-state index contributed by atoms with van der Waals surface area (Å²) < 4.78 is 0. The van der Waals surface area contributed by atoms with Crippen molar-refractivity contribution in [1.82, 2.24) is 20.4 Å². The maximum atomic E-state index is 12.2. The molecule has 6 nitrogen and oxygen atoms in total. The average molecular weight is 388 g/mol. The molecule has 28 heavy (non-hydrogen) atoms. The number of hydrogen-bond acceptors (Lipinski definition) is 3. The van der Waals surface area contributed by atoms with Crippen molar-refractivity contribution in [2.24, 2.45) is 10.4 Å². The minimum atomic E-state index is -0.478. The van der Waals surface area contributed by atoms with Gasteiger partial charge in [-0.25, -0.2) is 0 Å². The molecule has 0 spiro atoms. The van der Waals surface area contributed by atoms with E-state index < -0.39 is 5.41 Å². The normalized spacial score (nSPS) is 17.3. The fourth-order valence-corrected chi connectivity index (χ4v) is 3.74. The van der Waals surface area contributed by atoms with E-state index in [-0.39, 0.29) is 5.91 Å². The predicted molar refractivity (Wildman–Crippen MR) is 116 cm³/mol. The summed E-state index contributed by atoms with van der Waals surface area (Å²) >= 11 is 0. The van der Waals surface area contributed by atoms with Crippen LogP contribution >= 0.6 is 0 Å². The molecular weight excluding hydrogens is 350 g/mol. The first-order valence-electron chi connectivity index (χ1n) is 10.5. The molecule has 1 unspecified atom stereocenters. The fraction of sp³-hybridized carbons (Fsp3) is 0.636. The van der Waals surface area contributed by atoms with Crippen molar-refractivity contribution in [3.8, 4) is 0 Å². The van der Waals surface area contributed by atoms with Crippen molar-refractivity contribution in [3.05, 3.63) is 35.9 Å². The Hall–Kier alpha value is -2.08. The van der Waals surface area contributed by atoms with Crippen LogP contribution in [0.5, 0.6) is 0 Å². The zero-order valence-corrected chi connectivity index (χ0v) is 18.2. The van der Waals surface area contributed by atoms with Gasteiger partial charge in [-0.15, -0.1) is 0 Å². The lowest BCUT2D eigenvalue weighted by atomic mass is 9.92. The molecule has 0 bridgehead atoms. The molecule has 1 aliphatic heterocycles. The molecule has 2 rings (SSSR count). The van der Waals surface area contributed by atoms with E-state index in [9.17, 15) is 4.79 Å². The van der Waals surface area contributed by atoms with Crippen molar-refractivity contribution < 1.29 is 4.79 Å². The number of benzene rings is 1. The number of rotatable bonds is 7. The maximum absolute atomic E-state index is 12.2. The SMILES string of the molecule is CCNC(=O)C(C)(C)CNC(=NC)N1CCN(C(CC)c2ccccc2)CC1. The predicted octanol–water partition coefficient (Wildman–Crippen LogP) is 2.49. The van der Waals surface area contributed by atoms with Crippen LogP contribution < -0.4 is 10.6 Å². The van der Waals surface area contributed by atoms with Crippen LogP contribution in [0.3, 0.4) is 0 Å². The summed E-state index contributed by atoms with van der Waals surface area (Å²) in [6.45, 7) is 13.2. The Kier molecular flexibility index (Phi) is 8.30. The molecule has 0 saturated carbocycles. The summed E-state index contributed by atoms with van der Waals surface area (Å²) in [5.74, 6) is 0.946. The molecular formula is C22H37N5O. The number of nitrogens with one attached hydrogen (secondary N) is 2. The summed E-state index contributed by atoms with van der Waals surface area (Å²) in [7, 11) is 1.81. The second kappa shape index (κ2) is 10.5. The largest absolute Gasteiger partial charge is 0.356 e. The van der Waals surface area contributed by atoms with Crippen molar-refractivity contribution >= 4 is 11.9 Å². The Morgan fingerprint density at radius 2 is 1.75 bits per heavy atom. The molecule has 0 aliphatic carbocycles. The van der Waals surface area contributed by atoms with Gasteiger partial charge in [0.05, 0.1) is 5.41 Å². The molecule has 1 saturated heterocycles. The van der Waals surface area contributed by atoms with Gasteiger partial charge in [-0.1, -0.05) is 37.3 Å². The standard InChI is InChI=1S/C22H37N5O/c1-6-19(18-11-9-8-10-12-18)26-13-15-27(16-14-26)21(23-5)25-17-22(3,4)20(28)24-7-2/h8-12,19H,6-7,13-17H2,1-5H3,(H,23,25)(H,24,28). The number of piperazine rings is 1. The van der Waals surface area contributed by atoms with Gasteiger partial charge in [-0.3, -0.25) is 14.7 Å². The number of carbonyl (C=O) groups is 1. The van der Waals surface area contributed by atoms with E-state index in [1.165, 1.54) is 5.56 Å². The van der Waals surface area contributed by atoms with Gasteiger partial charge in [-0.2, -0.15) is 0 Å². The molecule has 1 aromatic rings. The number of aliphatic imine (C=N–C) groups is 1. The zero-order valence-electron chi connectivity index (χ0n) is 18.2. The minimum Gasteiger partial charge on any atom is -0.356 e. The number of amides is 1. The van der Waals surface area contributed by atoms with Crippen LogP contribution in [0.25, 0.3) is 0 Å². The monoisotopic (exact) mass is 387 g/mol. The van der Waals surface area contributed by atoms with Crippen molar-refractivity contribution in [2.45, 2.75) is 40.2 Å². The molecule has 1 amide bonds. The Labute approximate surface area is 170 Å². The van der Waals surface area contributed by atoms with Crippen LogP contribution in [0.1, 0.15) is 45.7 Å². The summed E-state index contributed by atoms with van der Waals surface area (Å²) in [5, 5.41) is 6.31. The van der Waals surface area contributed by atoms with Gasteiger partial charge in [-0.05, 0) is 32.8 Å². The van der Waals surface area contributed by atoms with Gasteiger partial charge in [0.25, 0.3) is 0 Å². The van der Waals surface area contributed by atoms with Gasteiger partial charge in [0.15, 0.2) is 5.96 Å². The third-order valence-electron chi connectivity index (χ3n) is 5.48. The molecule has 1 aliphatic rings. The molecule has 1 fully saturated rings. The summed E-state index contributed by atoms with van der Waals surface area (Å²) in [6, 6.07) is 11.2. The summed E-state index contributed by atoms with van der Waals surface area (Å²) in [4.78, 5) is 21.5. The lowest BCUT2D eigenvalue weighted by Gasteiger charge is -2.40. The first-order chi connectivity index (χ1) is 13.4. The highest BCUT2D eigenvalue weighted by atomic mass is 16.2. The van der Waals surface area contributed by atoms with Crippen LogP contribution in [0, 0.1) is 5.41 Å². The van der Waals surface area contributed by atoms with Crippen molar-refractivity contribution in [1.29, 1.82) is 0 Å². The molecule has 1 heterocycles. The second-order valence-electron chi connectivity index (χ2n) is 8.00. The molecule has 0 radical (unpaired) electrons. The van der Waals surface area contributed by atoms with E-state index in [1.807, 2.05) is 27.8 Å². The van der Waals surface area contributed by atoms with E-state index >= 15 is 0 Å². The van der Waals surface area contributed by atoms with Gasteiger partial charge >= 0.3 is 0 Å². The molecule has 1 aromatic carbocycles. The second-order valence-corrected chi connectivity index (χ2v) is 8.00. The quantitative estimate of drug-likeness (QED) is 0.557. The number of guanidine groups is 1. The van der Waals surface area contributed by atoms with E-state index in [4.69, 9.17) is 0 Å². The van der Waals surface area contributed by atoms with Crippen LogP contribution in [0.15, 0.2) is 35.3 Å². The van der Waals surface area contributed by atoms with E-state index in [0.29, 0.717) is 19.1 Å². The molecule has 2 N–H and O–H groups in total. The number of nitrogens with zero attached hydrogens (tertiary/aromatic N) is 3. The van der Waals surface area contributed by atoms with Crippen LogP contribution in [-0.2, 0) is 4.79 Å². The number of hydrogen-bond donors (Lipinski definition) is 2. The maximum Gasteiger partial charge on any atom is 0.227 e. The highest BCUT2D eigenvalue weighted by Crippen LogP contribution is 2.25. The van der Waals surface area contributed by atoms with Gasteiger partial charge in [0.1, 0.15) is 0 Å². The topological polar surface area (TPSA) is 60.0 Å². The fourth-order valence-electron chi connectivity index (χ4n) is 3.74. The highest BCUT2D eigenvalue weighted by Gasteiger charge is 2.29. The van der Waals surface area contributed by atoms with Crippen LogP contribution in [0.4, 0.5) is 0 Å². The highest BCUT2D eigenvalue weighted by molar-refractivity contribution is 5.84. The first kappa shape index (κ1) is 22.2. The Bertz CT molecular complexity index is 636. The summed E-state index contributed by atoms with van der Waals surface area (Å²) in [6.07, 6.45) is 1.11. The van der Waals surface area contributed by atoms with Crippen LogP contribution in [-0.4, -0.2) is 68.0 Å². The molecule has 0 aromatic heterocycles. The van der Waals surface area contributed by atoms with E-state index in [1.54, 1.807) is 0 Å². The third-order valence-corrected chi connectivity index (χ3v) is 5.48. The van der Waals surface area contributed by atoms with Crippen molar-refractivity contribution in [2.75, 3.05) is 46.3 Å². The summed E-state index contributed by atoms with van der Waals surface area (Å²) in [5.41, 5.74) is 0.915. The van der Waals surface area contributed by atoms with Crippen molar-refractivity contribution in [3.63, 3.8) is 0 Å². The number of carbonyl (C=O) groups excluding carboxylic acids is 1.